The van der Waals surface area contributed by atoms with Crippen LogP contribution < -0.4 is 4.90 Å². The maximum Gasteiger partial charge on any atom is 0.137 e. The first-order chi connectivity index (χ1) is 9.43. The van der Waals surface area contributed by atoms with Gasteiger partial charge in [-0.3, -0.25) is 4.90 Å². The lowest BCUT2D eigenvalue weighted by atomic mass is 9.96. The Hall–Kier alpha value is -0.870. The Morgan fingerprint density at radius 1 is 1.20 bits per heavy atom. The van der Waals surface area contributed by atoms with Crippen LogP contribution in [0.25, 0.3) is 0 Å². The predicted molar refractivity (Wildman–Crippen MR) is 82.6 cm³/mol. The van der Waals surface area contributed by atoms with Crippen molar-refractivity contribution in [1.29, 1.82) is 0 Å². The second-order valence-corrected chi connectivity index (χ2v) is 7.29. The van der Waals surface area contributed by atoms with Crippen molar-refractivity contribution in [3.8, 4) is 0 Å². The molecule has 5 heteroatoms. The maximum atomic E-state index is 6.20. The van der Waals surface area contributed by atoms with E-state index >= 15 is 0 Å². The molecule has 0 N–H and O–H groups in total. The van der Waals surface area contributed by atoms with Crippen LogP contribution in [0.15, 0.2) is 6.07 Å². The summed E-state index contributed by atoms with van der Waals surface area (Å²) in [4.78, 5) is 14.1. The van der Waals surface area contributed by atoms with Crippen molar-refractivity contribution in [2.75, 3.05) is 31.1 Å². The van der Waals surface area contributed by atoms with Crippen LogP contribution in [0.1, 0.15) is 39.4 Å². The van der Waals surface area contributed by atoms with Gasteiger partial charge in [-0.15, -0.1) is 0 Å². The van der Waals surface area contributed by atoms with Gasteiger partial charge in [0.2, 0.25) is 0 Å². The van der Waals surface area contributed by atoms with Crippen molar-refractivity contribution in [3.05, 3.63) is 17.0 Å². The summed E-state index contributed by atoms with van der Waals surface area (Å²) in [6, 6.07) is 2.59. The van der Waals surface area contributed by atoms with Crippen molar-refractivity contribution in [1.82, 2.24) is 14.9 Å². The Morgan fingerprint density at radius 3 is 2.75 bits per heavy atom. The largest absolute Gasteiger partial charge is 0.354 e. The van der Waals surface area contributed by atoms with E-state index in [1.807, 2.05) is 6.07 Å². The molecule has 1 atom stereocenters. The summed E-state index contributed by atoms with van der Waals surface area (Å²) in [5.41, 5.74) is -0.0746. The normalized spacial score (nSPS) is 24.0. The standard InChI is InChI=1S/C15H23ClN4/c1-15(2,3)14-17-12(16)9-13(18-14)20-8-7-19-6-4-5-11(19)10-20/h9,11H,4-8,10H2,1-3H3. The van der Waals surface area contributed by atoms with Crippen LogP contribution >= 0.6 is 11.6 Å². The van der Waals surface area contributed by atoms with E-state index in [9.17, 15) is 0 Å². The Labute approximate surface area is 126 Å². The van der Waals surface area contributed by atoms with Gasteiger partial charge in [-0.2, -0.15) is 0 Å². The number of hydrogen-bond acceptors (Lipinski definition) is 4. The molecule has 3 rings (SSSR count). The van der Waals surface area contributed by atoms with E-state index in [-0.39, 0.29) is 5.41 Å². The zero-order valence-corrected chi connectivity index (χ0v) is 13.3. The quantitative estimate of drug-likeness (QED) is 0.746. The van der Waals surface area contributed by atoms with E-state index in [0.29, 0.717) is 11.2 Å². The van der Waals surface area contributed by atoms with Gasteiger partial charge in [0.1, 0.15) is 16.8 Å². The number of aromatic nitrogens is 2. The van der Waals surface area contributed by atoms with E-state index in [1.165, 1.54) is 19.4 Å². The van der Waals surface area contributed by atoms with Crippen LogP contribution in [-0.2, 0) is 5.41 Å². The van der Waals surface area contributed by atoms with E-state index in [0.717, 1.165) is 31.3 Å². The van der Waals surface area contributed by atoms with Crippen LogP contribution in [0.3, 0.4) is 0 Å². The van der Waals surface area contributed by atoms with Crippen molar-refractivity contribution in [3.63, 3.8) is 0 Å². The summed E-state index contributed by atoms with van der Waals surface area (Å²) < 4.78 is 0. The lowest BCUT2D eigenvalue weighted by molar-refractivity contribution is 0.230. The molecule has 0 bridgehead atoms. The second-order valence-electron chi connectivity index (χ2n) is 6.90. The average Bonchev–Trinajstić information content (AvgIpc) is 2.84. The predicted octanol–water partition coefficient (Wildman–Crippen LogP) is 2.71. The van der Waals surface area contributed by atoms with Gasteiger partial charge in [-0.25, -0.2) is 9.97 Å². The number of nitrogens with zero attached hydrogens (tertiary/aromatic N) is 4. The zero-order valence-electron chi connectivity index (χ0n) is 12.6. The highest BCUT2D eigenvalue weighted by Crippen LogP contribution is 2.27. The van der Waals surface area contributed by atoms with Crippen molar-refractivity contribution in [2.24, 2.45) is 0 Å². The number of fused-ring (bicyclic) bond motifs is 1. The van der Waals surface area contributed by atoms with E-state index in [2.05, 4.69) is 35.6 Å². The fourth-order valence-corrected chi connectivity index (χ4v) is 3.28. The fraction of sp³-hybridized carbons (Fsp3) is 0.733. The van der Waals surface area contributed by atoms with Gasteiger partial charge in [0, 0.05) is 37.2 Å². The molecule has 0 spiro atoms. The molecule has 1 unspecified atom stereocenters. The summed E-state index contributed by atoms with van der Waals surface area (Å²) in [5, 5.41) is 0.550. The zero-order chi connectivity index (χ0) is 14.3. The molecule has 20 heavy (non-hydrogen) atoms. The molecule has 4 nitrogen and oxygen atoms in total. The molecule has 0 aromatic carbocycles. The fourth-order valence-electron chi connectivity index (χ4n) is 3.10. The van der Waals surface area contributed by atoms with Crippen LogP contribution in [0, 0.1) is 0 Å². The van der Waals surface area contributed by atoms with E-state index in [4.69, 9.17) is 16.6 Å². The lowest BCUT2D eigenvalue weighted by Crippen LogP contribution is -2.50. The first kappa shape index (κ1) is 14.1. The SMILES string of the molecule is CC(C)(C)c1nc(Cl)cc(N2CCN3CCCC3C2)n1. The summed E-state index contributed by atoms with van der Waals surface area (Å²) in [6.07, 6.45) is 2.64. The van der Waals surface area contributed by atoms with Crippen LogP contribution in [0.5, 0.6) is 0 Å². The number of anilines is 1. The first-order valence-corrected chi connectivity index (χ1v) is 7.85. The second kappa shape index (κ2) is 5.15. The van der Waals surface area contributed by atoms with Crippen LogP contribution in [0.4, 0.5) is 5.82 Å². The third-order valence-corrected chi connectivity index (χ3v) is 4.46. The molecule has 3 heterocycles. The molecule has 1 aromatic rings. The van der Waals surface area contributed by atoms with Gasteiger partial charge in [0.05, 0.1) is 0 Å². The maximum absolute atomic E-state index is 6.20. The molecule has 0 aliphatic carbocycles. The highest BCUT2D eigenvalue weighted by atomic mass is 35.5. The number of hydrogen-bond donors (Lipinski definition) is 0. The summed E-state index contributed by atoms with van der Waals surface area (Å²) in [6.45, 7) is 10.9. The van der Waals surface area contributed by atoms with E-state index < -0.39 is 0 Å². The highest BCUT2D eigenvalue weighted by Gasteiger charge is 2.31. The molecule has 2 saturated heterocycles. The van der Waals surface area contributed by atoms with E-state index in [1.54, 1.807) is 0 Å². The highest BCUT2D eigenvalue weighted by molar-refractivity contribution is 6.29. The van der Waals surface area contributed by atoms with Crippen molar-refractivity contribution in [2.45, 2.75) is 45.1 Å². The molecule has 0 saturated carbocycles. The number of halogens is 1. The number of rotatable bonds is 1. The van der Waals surface area contributed by atoms with Gasteiger partial charge in [0.15, 0.2) is 0 Å². The molecule has 0 amide bonds. The van der Waals surface area contributed by atoms with Gasteiger partial charge >= 0.3 is 0 Å². The summed E-state index contributed by atoms with van der Waals surface area (Å²) in [7, 11) is 0. The monoisotopic (exact) mass is 294 g/mol. The number of piperazine rings is 1. The van der Waals surface area contributed by atoms with Crippen LogP contribution in [0.2, 0.25) is 5.15 Å². The molecule has 0 radical (unpaired) electrons. The molecular weight excluding hydrogens is 272 g/mol. The minimum absolute atomic E-state index is 0.0746. The Kier molecular flexibility index (Phi) is 3.63. The van der Waals surface area contributed by atoms with Crippen molar-refractivity contribution >= 4 is 17.4 Å². The molecule has 1 aromatic heterocycles. The van der Waals surface area contributed by atoms with Gasteiger partial charge in [-0.1, -0.05) is 32.4 Å². The van der Waals surface area contributed by atoms with Gasteiger partial charge < -0.3 is 4.90 Å². The minimum atomic E-state index is -0.0746. The first-order valence-electron chi connectivity index (χ1n) is 7.47. The molecule has 2 aliphatic heterocycles. The molecule has 110 valence electrons. The summed E-state index contributed by atoms with van der Waals surface area (Å²) in [5.74, 6) is 1.82. The lowest BCUT2D eigenvalue weighted by Gasteiger charge is -2.38. The third kappa shape index (κ3) is 2.77. The summed E-state index contributed by atoms with van der Waals surface area (Å²) >= 11 is 6.20. The Morgan fingerprint density at radius 2 is 2.00 bits per heavy atom. The molecule has 2 aliphatic rings. The third-order valence-electron chi connectivity index (χ3n) is 4.26. The molecule has 2 fully saturated rings. The topological polar surface area (TPSA) is 32.3 Å². The average molecular weight is 295 g/mol. The van der Waals surface area contributed by atoms with Gasteiger partial charge in [0.25, 0.3) is 0 Å². The minimum Gasteiger partial charge on any atom is -0.354 e. The Balaban J connectivity index is 1.85. The van der Waals surface area contributed by atoms with Crippen molar-refractivity contribution < 1.29 is 0 Å². The molecular formula is C15H23ClN4. The van der Waals surface area contributed by atoms with Crippen LogP contribution in [-0.4, -0.2) is 47.1 Å². The Bertz CT molecular complexity index is 497. The smallest absolute Gasteiger partial charge is 0.137 e. The van der Waals surface area contributed by atoms with Gasteiger partial charge in [-0.05, 0) is 19.4 Å².